The molecule has 0 radical (unpaired) electrons. The summed E-state index contributed by atoms with van der Waals surface area (Å²) in [4.78, 5) is 35.3. The molecule has 1 aromatic carbocycles. The van der Waals surface area contributed by atoms with Gasteiger partial charge in [0.2, 0.25) is 17.7 Å². The highest BCUT2D eigenvalue weighted by Gasteiger charge is 2.28. The standard InChI is InChI=1S/C15H20N4O3/c16-12(20)9-18-15(22)13(10-5-2-1-3-6-10)19-14(21)11-7-4-8-17-11/h1-3,5-6,11,13,17H,4,7-9H2,(H2,16,20)(H,18,22)(H,19,21)/t11-,13-/m0/s1. The van der Waals surface area contributed by atoms with Crippen LogP contribution in [0.3, 0.4) is 0 Å². The molecule has 22 heavy (non-hydrogen) atoms. The zero-order valence-electron chi connectivity index (χ0n) is 12.2. The van der Waals surface area contributed by atoms with Crippen LogP contribution >= 0.6 is 0 Å². The molecule has 1 saturated heterocycles. The quantitative estimate of drug-likeness (QED) is 0.551. The van der Waals surface area contributed by atoms with E-state index in [-0.39, 0.29) is 18.5 Å². The van der Waals surface area contributed by atoms with E-state index < -0.39 is 17.9 Å². The Kier molecular flexibility index (Phi) is 5.48. The van der Waals surface area contributed by atoms with Crippen LogP contribution in [0.4, 0.5) is 0 Å². The van der Waals surface area contributed by atoms with Crippen LogP contribution in [0.15, 0.2) is 30.3 Å². The number of benzene rings is 1. The molecule has 1 aliphatic rings. The van der Waals surface area contributed by atoms with Gasteiger partial charge < -0.3 is 21.7 Å². The lowest BCUT2D eigenvalue weighted by molar-refractivity contribution is -0.130. The Labute approximate surface area is 128 Å². The highest BCUT2D eigenvalue weighted by Crippen LogP contribution is 2.14. The summed E-state index contributed by atoms with van der Waals surface area (Å²) in [6, 6.07) is 7.74. The summed E-state index contributed by atoms with van der Waals surface area (Å²) in [5.41, 5.74) is 5.68. The van der Waals surface area contributed by atoms with E-state index in [1.807, 2.05) is 6.07 Å². The largest absolute Gasteiger partial charge is 0.368 e. The van der Waals surface area contributed by atoms with Crippen molar-refractivity contribution < 1.29 is 14.4 Å². The maximum atomic E-state index is 12.2. The number of hydrogen-bond acceptors (Lipinski definition) is 4. The Morgan fingerprint density at radius 2 is 2.00 bits per heavy atom. The number of nitrogens with two attached hydrogens (primary N) is 1. The van der Waals surface area contributed by atoms with Gasteiger partial charge in [0.25, 0.3) is 0 Å². The van der Waals surface area contributed by atoms with Gasteiger partial charge in [-0.3, -0.25) is 14.4 Å². The highest BCUT2D eigenvalue weighted by molar-refractivity contribution is 5.92. The van der Waals surface area contributed by atoms with Crippen LogP contribution in [-0.2, 0) is 14.4 Å². The van der Waals surface area contributed by atoms with Gasteiger partial charge in [0.05, 0.1) is 12.6 Å². The molecule has 0 unspecified atom stereocenters. The maximum Gasteiger partial charge on any atom is 0.247 e. The number of hydrogen-bond donors (Lipinski definition) is 4. The minimum absolute atomic E-state index is 0.222. The second-order valence-corrected chi connectivity index (χ2v) is 5.19. The van der Waals surface area contributed by atoms with Crippen molar-refractivity contribution in [1.29, 1.82) is 0 Å². The lowest BCUT2D eigenvalue weighted by atomic mass is 10.1. The van der Waals surface area contributed by atoms with Crippen LogP contribution in [-0.4, -0.2) is 36.9 Å². The summed E-state index contributed by atoms with van der Waals surface area (Å²) in [6.07, 6.45) is 1.68. The van der Waals surface area contributed by atoms with Crippen LogP contribution in [0, 0.1) is 0 Å². The first-order chi connectivity index (χ1) is 10.6. The third-order valence-corrected chi connectivity index (χ3v) is 3.50. The number of nitrogens with one attached hydrogen (secondary N) is 3. The van der Waals surface area contributed by atoms with Gasteiger partial charge in [-0.15, -0.1) is 0 Å². The highest BCUT2D eigenvalue weighted by atomic mass is 16.2. The summed E-state index contributed by atoms with van der Waals surface area (Å²) in [5, 5.41) is 8.25. The molecule has 2 rings (SSSR count). The molecule has 5 N–H and O–H groups in total. The molecule has 118 valence electrons. The first-order valence-electron chi connectivity index (χ1n) is 7.22. The topological polar surface area (TPSA) is 113 Å². The summed E-state index contributed by atoms with van der Waals surface area (Å²) < 4.78 is 0. The Morgan fingerprint density at radius 1 is 1.27 bits per heavy atom. The molecular formula is C15H20N4O3. The molecule has 7 heteroatoms. The lowest BCUT2D eigenvalue weighted by Gasteiger charge is -2.20. The van der Waals surface area contributed by atoms with Crippen molar-refractivity contribution in [2.75, 3.05) is 13.1 Å². The van der Waals surface area contributed by atoms with E-state index in [1.54, 1.807) is 24.3 Å². The number of carbonyl (C=O) groups is 3. The zero-order valence-corrected chi connectivity index (χ0v) is 12.2. The third-order valence-electron chi connectivity index (χ3n) is 3.50. The Balaban J connectivity index is 2.09. The molecule has 1 aromatic rings. The van der Waals surface area contributed by atoms with E-state index in [0.717, 1.165) is 19.4 Å². The van der Waals surface area contributed by atoms with Crippen LogP contribution < -0.4 is 21.7 Å². The van der Waals surface area contributed by atoms with E-state index in [9.17, 15) is 14.4 Å². The molecule has 1 aliphatic heterocycles. The molecule has 1 fully saturated rings. The predicted molar refractivity (Wildman–Crippen MR) is 80.6 cm³/mol. The van der Waals surface area contributed by atoms with E-state index in [1.165, 1.54) is 0 Å². The summed E-state index contributed by atoms with van der Waals surface area (Å²) in [6.45, 7) is 0.529. The fourth-order valence-corrected chi connectivity index (χ4v) is 2.37. The number of carbonyl (C=O) groups excluding carboxylic acids is 3. The van der Waals surface area contributed by atoms with E-state index in [4.69, 9.17) is 5.73 Å². The molecule has 3 amide bonds. The van der Waals surface area contributed by atoms with E-state index in [0.29, 0.717) is 5.56 Å². The van der Waals surface area contributed by atoms with Crippen molar-refractivity contribution in [3.63, 3.8) is 0 Å². The minimum atomic E-state index is -0.851. The van der Waals surface area contributed by atoms with Gasteiger partial charge in [-0.1, -0.05) is 30.3 Å². The molecule has 0 bridgehead atoms. The maximum absolute atomic E-state index is 12.2. The van der Waals surface area contributed by atoms with Crippen molar-refractivity contribution in [2.24, 2.45) is 5.73 Å². The number of rotatable bonds is 6. The van der Waals surface area contributed by atoms with E-state index >= 15 is 0 Å². The Hall–Kier alpha value is -2.41. The molecule has 7 nitrogen and oxygen atoms in total. The van der Waals surface area contributed by atoms with Crippen LogP contribution in [0.2, 0.25) is 0 Å². The Morgan fingerprint density at radius 3 is 2.59 bits per heavy atom. The summed E-state index contributed by atoms with van der Waals surface area (Å²) in [7, 11) is 0. The average molecular weight is 304 g/mol. The molecule has 0 aliphatic carbocycles. The van der Waals surface area contributed by atoms with Gasteiger partial charge in [0.1, 0.15) is 6.04 Å². The summed E-state index contributed by atoms with van der Waals surface area (Å²) >= 11 is 0. The monoisotopic (exact) mass is 304 g/mol. The normalized spacial score (nSPS) is 18.5. The van der Waals surface area contributed by atoms with Gasteiger partial charge in [-0.25, -0.2) is 0 Å². The van der Waals surface area contributed by atoms with Gasteiger partial charge in [0.15, 0.2) is 0 Å². The van der Waals surface area contributed by atoms with Crippen LogP contribution in [0.25, 0.3) is 0 Å². The smallest absolute Gasteiger partial charge is 0.247 e. The first-order valence-corrected chi connectivity index (χ1v) is 7.22. The molecule has 0 spiro atoms. The predicted octanol–water partition coefficient (Wildman–Crippen LogP) is -0.803. The Bertz CT molecular complexity index is 541. The van der Waals surface area contributed by atoms with Gasteiger partial charge >= 0.3 is 0 Å². The number of primary amides is 1. The average Bonchev–Trinajstić information content (AvgIpc) is 3.05. The van der Waals surface area contributed by atoms with Crippen molar-refractivity contribution in [2.45, 2.75) is 24.9 Å². The second kappa shape index (κ2) is 7.56. The molecule has 0 aromatic heterocycles. The fourth-order valence-electron chi connectivity index (χ4n) is 2.37. The van der Waals surface area contributed by atoms with Crippen molar-refractivity contribution in [1.82, 2.24) is 16.0 Å². The molecule has 1 heterocycles. The zero-order chi connectivity index (χ0) is 15.9. The van der Waals surface area contributed by atoms with Gasteiger partial charge in [-0.05, 0) is 24.9 Å². The molecule has 2 atom stereocenters. The second-order valence-electron chi connectivity index (χ2n) is 5.19. The summed E-state index contributed by atoms with van der Waals surface area (Å²) in [5.74, 6) is -1.32. The lowest BCUT2D eigenvalue weighted by Crippen LogP contribution is -2.47. The minimum Gasteiger partial charge on any atom is -0.368 e. The van der Waals surface area contributed by atoms with E-state index in [2.05, 4.69) is 16.0 Å². The van der Waals surface area contributed by atoms with Crippen LogP contribution in [0.1, 0.15) is 24.4 Å². The molecular weight excluding hydrogens is 284 g/mol. The molecule has 0 saturated carbocycles. The first kappa shape index (κ1) is 16.0. The third kappa shape index (κ3) is 4.29. The van der Waals surface area contributed by atoms with Gasteiger partial charge in [-0.2, -0.15) is 0 Å². The van der Waals surface area contributed by atoms with Crippen molar-refractivity contribution in [3.8, 4) is 0 Å². The van der Waals surface area contributed by atoms with Crippen molar-refractivity contribution >= 4 is 17.7 Å². The van der Waals surface area contributed by atoms with Crippen LogP contribution in [0.5, 0.6) is 0 Å². The fraction of sp³-hybridized carbons (Fsp3) is 0.400. The SMILES string of the molecule is NC(=O)CNC(=O)[C@@H](NC(=O)[C@@H]1CCCN1)c1ccccc1. The number of amides is 3. The van der Waals surface area contributed by atoms with Crippen molar-refractivity contribution in [3.05, 3.63) is 35.9 Å². The van der Waals surface area contributed by atoms with Gasteiger partial charge in [0, 0.05) is 0 Å².